The quantitative estimate of drug-likeness (QED) is 0.740. The van der Waals surface area contributed by atoms with Crippen LogP contribution in [0.4, 0.5) is 5.69 Å². The van der Waals surface area contributed by atoms with Crippen molar-refractivity contribution in [3.05, 3.63) is 54.4 Å². The van der Waals surface area contributed by atoms with E-state index < -0.39 is 0 Å². The van der Waals surface area contributed by atoms with Crippen LogP contribution in [0.25, 0.3) is 0 Å². The number of pyridine rings is 1. The molecule has 1 heterocycles. The normalized spacial score (nSPS) is 11.9. The molecule has 2 aromatic rings. The zero-order valence-corrected chi connectivity index (χ0v) is 16.1. The summed E-state index contributed by atoms with van der Waals surface area (Å²) in [5.41, 5.74) is 2.06. The van der Waals surface area contributed by atoms with E-state index in [9.17, 15) is 0 Å². The Morgan fingerprint density at radius 2 is 1.92 bits per heavy atom. The van der Waals surface area contributed by atoms with E-state index in [1.807, 2.05) is 48.8 Å². The van der Waals surface area contributed by atoms with Crippen molar-refractivity contribution in [2.45, 2.75) is 13.0 Å². The van der Waals surface area contributed by atoms with E-state index in [1.165, 1.54) is 10.5 Å². The summed E-state index contributed by atoms with van der Waals surface area (Å²) in [5.74, 6) is 0.777. The van der Waals surface area contributed by atoms with Gasteiger partial charge in [0.25, 0.3) is 0 Å². The Labute approximate surface area is 155 Å². The molecule has 0 saturated carbocycles. The Balaban J connectivity index is 2.20. The van der Waals surface area contributed by atoms with Gasteiger partial charge in [0.1, 0.15) is 5.75 Å². The number of ether oxygens (including phenoxy) is 1. The number of methoxy groups -OCH3 is 1. The first-order valence-electron chi connectivity index (χ1n) is 8.42. The molecule has 1 unspecified atom stereocenters. The van der Waals surface area contributed by atoms with Crippen molar-refractivity contribution < 1.29 is 9.64 Å². The number of rotatable bonds is 7. The summed E-state index contributed by atoms with van der Waals surface area (Å²) in [7, 11) is 5.95. The van der Waals surface area contributed by atoms with Crippen molar-refractivity contribution in [2.75, 3.05) is 39.6 Å². The number of thiocarbonyl (C=S) groups is 1. The summed E-state index contributed by atoms with van der Waals surface area (Å²) >= 11 is 5.73. The smallest absolute Gasteiger partial charge is 0.174 e. The van der Waals surface area contributed by atoms with Gasteiger partial charge in [0.05, 0.1) is 46.0 Å². The first-order chi connectivity index (χ1) is 12.0. The van der Waals surface area contributed by atoms with Crippen molar-refractivity contribution >= 4 is 23.0 Å². The third kappa shape index (κ3) is 5.41. The second-order valence-electron chi connectivity index (χ2n) is 6.24. The third-order valence-corrected chi connectivity index (χ3v) is 4.45. The maximum Gasteiger partial charge on any atom is 0.174 e. The predicted octanol–water partition coefficient (Wildman–Crippen LogP) is 1.99. The molecule has 0 saturated heterocycles. The molecule has 0 fully saturated rings. The number of nitrogens with zero attached hydrogens (tertiary/aromatic N) is 2. The Morgan fingerprint density at radius 1 is 1.24 bits per heavy atom. The van der Waals surface area contributed by atoms with Gasteiger partial charge in [-0.25, -0.2) is 0 Å². The fourth-order valence-electron chi connectivity index (χ4n) is 2.57. The maximum atomic E-state index is 5.73. The van der Waals surface area contributed by atoms with E-state index in [0.717, 1.165) is 24.5 Å². The summed E-state index contributed by atoms with van der Waals surface area (Å²) in [6, 6.07) is 12.0. The lowest BCUT2D eigenvalue weighted by Gasteiger charge is -2.32. The third-order valence-electron chi connectivity index (χ3n) is 4.12. The molecule has 6 heteroatoms. The van der Waals surface area contributed by atoms with Gasteiger partial charge in [-0.2, -0.15) is 0 Å². The van der Waals surface area contributed by atoms with E-state index in [-0.39, 0.29) is 6.04 Å². The topological polar surface area (TPSA) is 41.8 Å². The van der Waals surface area contributed by atoms with Crippen molar-refractivity contribution in [2.24, 2.45) is 0 Å². The number of para-hydroxylation sites is 2. The fourth-order valence-corrected chi connectivity index (χ4v) is 2.93. The lowest BCUT2D eigenvalue weighted by Crippen LogP contribution is -3.06. The van der Waals surface area contributed by atoms with Crippen LogP contribution in [-0.2, 0) is 0 Å². The van der Waals surface area contributed by atoms with Gasteiger partial charge in [-0.1, -0.05) is 12.1 Å². The second kappa shape index (κ2) is 9.34. The lowest BCUT2D eigenvalue weighted by molar-refractivity contribution is -0.857. The van der Waals surface area contributed by atoms with Gasteiger partial charge in [-0.15, -0.1) is 0 Å². The highest BCUT2D eigenvalue weighted by molar-refractivity contribution is 7.80. The molecule has 0 radical (unpaired) electrons. The Hall–Kier alpha value is -2.18. The molecule has 0 spiro atoms. The SMILES string of the molecule is COc1ccccc1NC(=S)N(CC[NH+](C)C)C(C)c1ccncc1. The minimum absolute atomic E-state index is 0.150. The Kier molecular flexibility index (Phi) is 7.16. The fraction of sp³-hybridized carbons (Fsp3) is 0.368. The average Bonchev–Trinajstić information content (AvgIpc) is 2.62. The second-order valence-corrected chi connectivity index (χ2v) is 6.62. The van der Waals surface area contributed by atoms with Gasteiger partial charge < -0.3 is 19.9 Å². The van der Waals surface area contributed by atoms with Crippen molar-refractivity contribution in [3.63, 3.8) is 0 Å². The van der Waals surface area contributed by atoms with Crippen LogP contribution in [0.5, 0.6) is 5.75 Å². The number of anilines is 1. The van der Waals surface area contributed by atoms with Crippen molar-refractivity contribution in [1.82, 2.24) is 9.88 Å². The number of hydrogen-bond acceptors (Lipinski definition) is 3. The number of quaternary nitrogens is 1. The maximum absolute atomic E-state index is 5.73. The number of hydrogen-bond donors (Lipinski definition) is 2. The minimum atomic E-state index is 0.150. The average molecular weight is 360 g/mol. The molecular formula is C19H27N4OS+. The van der Waals surface area contributed by atoms with Crippen LogP contribution in [0.3, 0.4) is 0 Å². The van der Waals surface area contributed by atoms with Crippen LogP contribution < -0.4 is 15.0 Å². The van der Waals surface area contributed by atoms with Crippen LogP contribution >= 0.6 is 12.2 Å². The molecular weight excluding hydrogens is 332 g/mol. The summed E-state index contributed by atoms with van der Waals surface area (Å²) in [6.45, 7) is 4.01. The Bertz CT molecular complexity index is 678. The number of benzene rings is 1. The van der Waals surface area contributed by atoms with Crippen LogP contribution in [0.1, 0.15) is 18.5 Å². The van der Waals surface area contributed by atoms with E-state index in [4.69, 9.17) is 17.0 Å². The van der Waals surface area contributed by atoms with Gasteiger partial charge in [0, 0.05) is 12.4 Å². The van der Waals surface area contributed by atoms with E-state index in [0.29, 0.717) is 5.11 Å². The van der Waals surface area contributed by atoms with Crippen LogP contribution in [0.15, 0.2) is 48.8 Å². The zero-order chi connectivity index (χ0) is 18.2. The van der Waals surface area contributed by atoms with Crippen LogP contribution in [-0.4, -0.2) is 49.3 Å². The van der Waals surface area contributed by atoms with Gasteiger partial charge >= 0.3 is 0 Å². The van der Waals surface area contributed by atoms with Crippen LogP contribution in [0, 0.1) is 0 Å². The first kappa shape index (κ1) is 19.1. The highest BCUT2D eigenvalue weighted by Crippen LogP contribution is 2.25. The monoisotopic (exact) mass is 359 g/mol. The molecule has 134 valence electrons. The van der Waals surface area contributed by atoms with Crippen LogP contribution in [0.2, 0.25) is 0 Å². The van der Waals surface area contributed by atoms with Gasteiger partial charge in [0.15, 0.2) is 5.11 Å². The van der Waals surface area contributed by atoms with Gasteiger partial charge in [0.2, 0.25) is 0 Å². The molecule has 0 aliphatic carbocycles. The van der Waals surface area contributed by atoms with E-state index in [2.05, 4.69) is 36.2 Å². The molecule has 25 heavy (non-hydrogen) atoms. The van der Waals surface area contributed by atoms with E-state index >= 15 is 0 Å². The van der Waals surface area contributed by atoms with Gasteiger partial charge in [-0.05, 0) is 49.0 Å². The molecule has 2 rings (SSSR count). The predicted molar refractivity (Wildman–Crippen MR) is 106 cm³/mol. The molecule has 1 atom stereocenters. The molecule has 0 aliphatic heterocycles. The molecule has 5 nitrogen and oxygen atoms in total. The minimum Gasteiger partial charge on any atom is -0.495 e. The largest absolute Gasteiger partial charge is 0.495 e. The summed E-state index contributed by atoms with van der Waals surface area (Å²) < 4.78 is 5.42. The Morgan fingerprint density at radius 3 is 2.56 bits per heavy atom. The molecule has 0 amide bonds. The molecule has 0 aliphatic rings. The van der Waals surface area contributed by atoms with Crippen molar-refractivity contribution in [3.8, 4) is 5.75 Å². The molecule has 0 bridgehead atoms. The zero-order valence-electron chi connectivity index (χ0n) is 15.3. The van der Waals surface area contributed by atoms with Gasteiger partial charge in [-0.3, -0.25) is 4.98 Å². The molecule has 1 aromatic heterocycles. The summed E-state index contributed by atoms with van der Waals surface area (Å²) in [4.78, 5) is 7.70. The number of aromatic nitrogens is 1. The molecule has 2 N–H and O–H groups in total. The summed E-state index contributed by atoms with van der Waals surface area (Å²) in [6.07, 6.45) is 3.63. The number of nitrogens with one attached hydrogen (secondary N) is 2. The molecule has 1 aromatic carbocycles. The lowest BCUT2D eigenvalue weighted by atomic mass is 10.1. The summed E-state index contributed by atoms with van der Waals surface area (Å²) in [5, 5.41) is 4.03. The van der Waals surface area contributed by atoms with Crippen molar-refractivity contribution in [1.29, 1.82) is 0 Å². The number of likely N-dealkylation sites (N-methyl/N-ethyl adjacent to an activating group) is 1. The standard InChI is InChI=1S/C19H26N4OS/c1-15(16-9-11-20-12-10-16)23(14-13-22(2)3)19(25)21-17-7-5-6-8-18(17)24-4/h5-12,15H,13-14H2,1-4H3,(H,21,25)/p+1. The highest BCUT2D eigenvalue weighted by Gasteiger charge is 2.20. The first-order valence-corrected chi connectivity index (χ1v) is 8.83. The van der Waals surface area contributed by atoms with E-state index in [1.54, 1.807) is 7.11 Å². The highest BCUT2D eigenvalue weighted by atomic mass is 32.1.